The van der Waals surface area contributed by atoms with Gasteiger partial charge < -0.3 is 11.1 Å². The molecule has 3 heterocycles. The van der Waals surface area contributed by atoms with Crippen LogP contribution in [0.3, 0.4) is 0 Å². The summed E-state index contributed by atoms with van der Waals surface area (Å²) in [6.45, 7) is 5.16. The largest absolute Gasteiger partial charge is 0.338 e. The molecule has 6 nitrogen and oxygen atoms in total. The number of likely N-dealkylation sites (tertiary alicyclic amines) is 1. The van der Waals surface area contributed by atoms with E-state index in [-0.39, 0.29) is 0 Å². The van der Waals surface area contributed by atoms with Crippen LogP contribution in [0.1, 0.15) is 30.9 Å². The van der Waals surface area contributed by atoms with Crippen LogP contribution in [0.25, 0.3) is 5.52 Å². The summed E-state index contributed by atoms with van der Waals surface area (Å²) < 4.78 is 1.90. The summed E-state index contributed by atoms with van der Waals surface area (Å²) in [6.07, 6.45) is 6.78. The van der Waals surface area contributed by atoms with Gasteiger partial charge in [0.05, 0.1) is 0 Å². The maximum Gasteiger partial charge on any atom is 0.158 e. The highest BCUT2D eigenvalue weighted by Gasteiger charge is 2.18. The molecule has 0 radical (unpaired) electrons. The Morgan fingerprint density at radius 3 is 2.65 bits per heavy atom. The topological polar surface area (TPSA) is 71.5 Å². The number of aryl methyl sites for hydroxylation is 1. The standard InChI is InChI=1S/C20H26N6/c1-2-15-3-5-18(6-4-15)24-20-19-16(7-12-26(19)23-14-22-20)13-25-10-8-17(21)9-11-25/h3-7,12,14,17H,2,8-11,13,21H2,1H3,(H,22,23,24). The third kappa shape index (κ3) is 3.57. The lowest BCUT2D eigenvalue weighted by atomic mass is 10.1. The number of hydrogen-bond acceptors (Lipinski definition) is 5. The predicted molar refractivity (Wildman–Crippen MR) is 105 cm³/mol. The molecule has 1 aliphatic heterocycles. The molecule has 1 aromatic carbocycles. The second kappa shape index (κ2) is 7.43. The highest BCUT2D eigenvalue weighted by Crippen LogP contribution is 2.25. The first kappa shape index (κ1) is 17.0. The number of fused-ring (bicyclic) bond motifs is 1. The van der Waals surface area contributed by atoms with Gasteiger partial charge >= 0.3 is 0 Å². The number of benzene rings is 1. The second-order valence-electron chi connectivity index (χ2n) is 7.03. The Hall–Kier alpha value is -2.44. The zero-order valence-electron chi connectivity index (χ0n) is 15.2. The van der Waals surface area contributed by atoms with E-state index in [0.29, 0.717) is 6.04 Å². The van der Waals surface area contributed by atoms with Crippen molar-refractivity contribution in [3.8, 4) is 0 Å². The van der Waals surface area contributed by atoms with Crippen LogP contribution < -0.4 is 11.1 Å². The van der Waals surface area contributed by atoms with Crippen LogP contribution in [-0.4, -0.2) is 38.6 Å². The van der Waals surface area contributed by atoms with Crippen molar-refractivity contribution in [1.82, 2.24) is 19.5 Å². The molecule has 0 atom stereocenters. The molecular weight excluding hydrogens is 324 g/mol. The minimum atomic E-state index is 0.351. The van der Waals surface area contributed by atoms with E-state index in [2.05, 4.69) is 57.6 Å². The van der Waals surface area contributed by atoms with E-state index < -0.39 is 0 Å². The molecule has 1 fully saturated rings. The summed E-state index contributed by atoms with van der Waals surface area (Å²) in [7, 11) is 0. The van der Waals surface area contributed by atoms with Crippen LogP contribution >= 0.6 is 0 Å². The molecular formula is C20H26N6. The molecule has 0 amide bonds. The van der Waals surface area contributed by atoms with Gasteiger partial charge in [0, 0.05) is 24.5 Å². The van der Waals surface area contributed by atoms with Crippen molar-refractivity contribution in [2.24, 2.45) is 5.73 Å². The molecule has 1 saturated heterocycles. The first-order valence-corrected chi connectivity index (χ1v) is 9.38. The average Bonchev–Trinajstić information content (AvgIpc) is 3.08. The fourth-order valence-corrected chi connectivity index (χ4v) is 3.55. The molecule has 4 rings (SSSR count). The van der Waals surface area contributed by atoms with E-state index in [9.17, 15) is 0 Å². The Kier molecular flexibility index (Phi) is 4.86. The van der Waals surface area contributed by atoms with Crippen LogP contribution in [-0.2, 0) is 13.0 Å². The number of hydrogen-bond donors (Lipinski definition) is 2. The number of nitrogens with two attached hydrogens (primary N) is 1. The zero-order chi connectivity index (χ0) is 17.9. The number of nitrogens with one attached hydrogen (secondary N) is 1. The molecule has 1 aliphatic rings. The Bertz CT molecular complexity index is 862. The van der Waals surface area contributed by atoms with Crippen LogP contribution in [0.2, 0.25) is 0 Å². The lowest BCUT2D eigenvalue weighted by Gasteiger charge is -2.29. The van der Waals surface area contributed by atoms with Gasteiger partial charge in [-0.3, -0.25) is 4.90 Å². The van der Waals surface area contributed by atoms with Crippen molar-refractivity contribution in [3.05, 3.63) is 54.0 Å². The summed E-state index contributed by atoms with van der Waals surface area (Å²) in [5.41, 5.74) is 10.7. The van der Waals surface area contributed by atoms with Gasteiger partial charge in [-0.25, -0.2) is 9.50 Å². The van der Waals surface area contributed by atoms with Gasteiger partial charge in [-0.2, -0.15) is 5.10 Å². The number of rotatable bonds is 5. The molecule has 0 bridgehead atoms. The first-order valence-electron chi connectivity index (χ1n) is 9.38. The normalized spacial score (nSPS) is 16.2. The molecule has 136 valence electrons. The Balaban J connectivity index is 1.59. The molecule has 3 N–H and O–H groups in total. The average molecular weight is 350 g/mol. The van der Waals surface area contributed by atoms with Gasteiger partial charge in [-0.05, 0) is 61.7 Å². The van der Waals surface area contributed by atoms with E-state index in [1.54, 1.807) is 6.33 Å². The van der Waals surface area contributed by atoms with Crippen LogP contribution in [0.4, 0.5) is 11.5 Å². The Morgan fingerprint density at radius 2 is 1.92 bits per heavy atom. The lowest BCUT2D eigenvalue weighted by molar-refractivity contribution is 0.206. The fraction of sp³-hybridized carbons (Fsp3) is 0.400. The van der Waals surface area contributed by atoms with Gasteiger partial charge in [0.2, 0.25) is 0 Å². The van der Waals surface area contributed by atoms with E-state index >= 15 is 0 Å². The van der Waals surface area contributed by atoms with Crippen molar-refractivity contribution in [1.29, 1.82) is 0 Å². The molecule has 2 aromatic heterocycles. The third-order valence-electron chi connectivity index (χ3n) is 5.19. The van der Waals surface area contributed by atoms with Crippen molar-refractivity contribution in [3.63, 3.8) is 0 Å². The highest BCUT2D eigenvalue weighted by atomic mass is 15.3. The van der Waals surface area contributed by atoms with E-state index in [1.807, 2.05) is 10.7 Å². The molecule has 0 aliphatic carbocycles. The quantitative estimate of drug-likeness (QED) is 0.740. The van der Waals surface area contributed by atoms with E-state index in [0.717, 1.165) is 55.9 Å². The minimum absolute atomic E-state index is 0.351. The van der Waals surface area contributed by atoms with Gasteiger partial charge in [0.1, 0.15) is 11.8 Å². The Morgan fingerprint density at radius 1 is 1.15 bits per heavy atom. The predicted octanol–water partition coefficient (Wildman–Crippen LogP) is 2.96. The lowest BCUT2D eigenvalue weighted by Crippen LogP contribution is -2.39. The summed E-state index contributed by atoms with van der Waals surface area (Å²) in [5.74, 6) is 0.845. The Labute approximate surface area is 154 Å². The van der Waals surface area contributed by atoms with Crippen molar-refractivity contribution in [2.45, 2.75) is 38.8 Å². The van der Waals surface area contributed by atoms with Crippen molar-refractivity contribution in [2.75, 3.05) is 18.4 Å². The van der Waals surface area contributed by atoms with Crippen LogP contribution in [0.15, 0.2) is 42.9 Å². The third-order valence-corrected chi connectivity index (χ3v) is 5.19. The summed E-state index contributed by atoms with van der Waals surface area (Å²) in [4.78, 5) is 6.97. The molecule has 0 unspecified atom stereocenters. The summed E-state index contributed by atoms with van der Waals surface area (Å²) in [6, 6.07) is 11.0. The van der Waals surface area contributed by atoms with Crippen LogP contribution in [0.5, 0.6) is 0 Å². The SMILES string of the molecule is CCc1ccc(Nc2ncnn3ccc(CN4CCC(N)CC4)c23)cc1. The number of anilines is 2. The molecule has 6 heteroatoms. The van der Waals surface area contributed by atoms with Gasteiger partial charge in [-0.15, -0.1) is 0 Å². The first-order chi connectivity index (χ1) is 12.7. The smallest absolute Gasteiger partial charge is 0.158 e. The molecule has 3 aromatic rings. The van der Waals surface area contributed by atoms with Crippen molar-refractivity contribution >= 4 is 17.0 Å². The van der Waals surface area contributed by atoms with Crippen LogP contribution in [0, 0.1) is 0 Å². The number of aromatic nitrogens is 3. The molecule has 0 spiro atoms. The summed E-state index contributed by atoms with van der Waals surface area (Å²) in [5, 5.41) is 7.82. The summed E-state index contributed by atoms with van der Waals surface area (Å²) >= 11 is 0. The van der Waals surface area contributed by atoms with Gasteiger partial charge in [0.25, 0.3) is 0 Å². The zero-order valence-corrected chi connectivity index (χ0v) is 15.2. The van der Waals surface area contributed by atoms with Crippen molar-refractivity contribution < 1.29 is 0 Å². The number of piperidine rings is 1. The van der Waals surface area contributed by atoms with E-state index in [4.69, 9.17) is 5.73 Å². The molecule has 26 heavy (non-hydrogen) atoms. The maximum absolute atomic E-state index is 6.03. The highest BCUT2D eigenvalue weighted by molar-refractivity contribution is 5.76. The second-order valence-corrected chi connectivity index (χ2v) is 7.03. The van der Waals surface area contributed by atoms with Gasteiger partial charge in [0.15, 0.2) is 5.82 Å². The van der Waals surface area contributed by atoms with E-state index in [1.165, 1.54) is 11.1 Å². The maximum atomic E-state index is 6.03. The monoisotopic (exact) mass is 350 g/mol. The minimum Gasteiger partial charge on any atom is -0.338 e. The number of nitrogens with zero attached hydrogens (tertiary/aromatic N) is 4. The fourth-order valence-electron chi connectivity index (χ4n) is 3.55. The molecule has 0 saturated carbocycles. The van der Waals surface area contributed by atoms with Gasteiger partial charge in [-0.1, -0.05) is 19.1 Å².